The third-order valence-electron chi connectivity index (χ3n) is 3.75. The van der Waals surface area contributed by atoms with Gasteiger partial charge in [0.05, 0.1) is 0 Å². The van der Waals surface area contributed by atoms with Crippen molar-refractivity contribution in [3.05, 3.63) is 0 Å². The first kappa shape index (κ1) is 17.1. The van der Waals surface area contributed by atoms with Crippen molar-refractivity contribution >= 4 is 58.9 Å². The second-order valence-corrected chi connectivity index (χ2v) is 66.7. The lowest BCUT2D eigenvalue weighted by Gasteiger charge is -2.29. The van der Waals surface area contributed by atoms with Crippen LogP contribution in [-0.4, -0.2) is 0 Å². The fourth-order valence-corrected chi connectivity index (χ4v) is 323. The molecular formula is C12H27P9. The third-order valence-corrected chi connectivity index (χ3v) is 141. The van der Waals surface area contributed by atoms with E-state index in [1.54, 1.807) is 0 Å². The van der Waals surface area contributed by atoms with Crippen molar-refractivity contribution in [2.75, 3.05) is 0 Å². The lowest BCUT2D eigenvalue weighted by molar-refractivity contribution is 0.713. The zero-order valence-corrected chi connectivity index (χ0v) is 22.6. The van der Waals surface area contributed by atoms with Crippen LogP contribution in [0.15, 0.2) is 0 Å². The highest BCUT2D eigenvalue weighted by molar-refractivity contribution is 9.22. The van der Waals surface area contributed by atoms with Crippen molar-refractivity contribution < 1.29 is 0 Å². The Balaban J connectivity index is 2.20. The normalized spacial score (nSPS) is 23.6. The summed E-state index contributed by atoms with van der Waals surface area (Å²) in [5.41, 5.74) is 0. The molecule has 5 aromatic heterocycles. The Kier molecular flexibility index (Phi) is 3.83. The molecule has 7 atom stereocenters. The molecule has 0 saturated carbocycles. The van der Waals surface area contributed by atoms with Crippen molar-refractivity contribution in [3.8, 4) is 0 Å². The van der Waals surface area contributed by atoms with Gasteiger partial charge in [-0.3, -0.25) is 0 Å². The molecule has 0 N–H and O–H groups in total. The van der Waals surface area contributed by atoms with E-state index in [1.807, 2.05) is 0 Å². The van der Waals surface area contributed by atoms with Gasteiger partial charge in [0.2, 0.25) is 0 Å². The standard InChI is InChI=1S/C12H27P9/c1-10(2,3)13-14(11(4,5)6)17-18-15(12(7,8)9)19-20(16(13)18)21(17)19/h1-9H3. The first-order valence-corrected chi connectivity index (χ1v) is 28.1. The molecule has 5 aromatic rings. The van der Waals surface area contributed by atoms with Crippen LogP contribution in [0.25, 0.3) is 0 Å². The molecule has 7 unspecified atom stereocenters. The summed E-state index contributed by atoms with van der Waals surface area (Å²) >= 11 is 0. The molecule has 0 aliphatic heterocycles. The fraction of sp³-hybridized carbons (Fsp3) is 1.00. The number of hydrogen-bond donors (Lipinski definition) is 0. The van der Waals surface area contributed by atoms with Crippen LogP contribution in [0, 0.1) is 0 Å². The van der Waals surface area contributed by atoms with Crippen molar-refractivity contribution in [2.45, 2.75) is 77.8 Å². The molecule has 0 aliphatic carbocycles. The van der Waals surface area contributed by atoms with Gasteiger partial charge in [-0.15, -0.1) is 0 Å². The highest BCUT2D eigenvalue weighted by atomic mass is 33.3. The van der Waals surface area contributed by atoms with E-state index in [9.17, 15) is 0 Å². The average molecular weight is 450 g/mol. The summed E-state index contributed by atoms with van der Waals surface area (Å²) < 4.78 is 0. The maximum absolute atomic E-state index is 2.64. The van der Waals surface area contributed by atoms with Crippen LogP contribution < -0.4 is 0 Å². The molecular weight excluding hydrogens is 423 g/mol. The van der Waals surface area contributed by atoms with E-state index in [0.29, 0.717) is 56.5 Å². The van der Waals surface area contributed by atoms with Crippen LogP contribution in [0.1, 0.15) is 62.3 Å². The minimum atomic E-state index is 0.444. The SMILES string of the molecule is CC(C)(C)p1p(C(C)(C)C)p2p3p(C(C)(C)C)p4p(p13)p24. The lowest BCUT2D eigenvalue weighted by Crippen LogP contribution is -2.03. The van der Waals surface area contributed by atoms with E-state index in [0.717, 1.165) is 17.9 Å². The summed E-state index contributed by atoms with van der Waals surface area (Å²) in [6.45, 7) is 25.2. The van der Waals surface area contributed by atoms with Crippen LogP contribution in [0.3, 0.4) is 0 Å². The Morgan fingerprint density at radius 3 is 0.810 bits per heavy atom. The highest BCUT2D eigenvalue weighted by Crippen LogP contribution is 3.21. The highest BCUT2D eigenvalue weighted by Gasteiger charge is 2.44. The molecule has 6 bridgehead atoms. The third kappa shape index (κ3) is 2.19. The molecule has 0 radical (unpaired) electrons. The molecule has 120 valence electrons. The van der Waals surface area contributed by atoms with Gasteiger partial charge in [-0.25, -0.2) is 0 Å². The molecule has 5 heterocycles. The molecule has 9 heteroatoms. The molecule has 0 saturated heterocycles. The van der Waals surface area contributed by atoms with E-state index >= 15 is 0 Å². The lowest BCUT2D eigenvalue weighted by atomic mass is 10.3. The minimum absolute atomic E-state index is 0.444. The number of hydrogen-bond acceptors (Lipinski definition) is 0. The predicted octanol–water partition coefficient (Wildman–Crippen LogP) is 12.1. The Bertz CT molecular complexity index is 869. The second-order valence-electron chi connectivity index (χ2n) is 8.99. The summed E-state index contributed by atoms with van der Waals surface area (Å²) in [7, 11) is 0. The fourth-order valence-electron chi connectivity index (χ4n) is 3.08. The second kappa shape index (κ2) is 4.70. The zero-order chi connectivity index (χ0) is 15.7. The van der Waals surface area contributed by atoms with Gasteiger partial charge < -0.3 is 0 Å². The van der Waals surface area contributed by atoms with E-state index in [-0.39, 0.29) is 0 Å². The van der Waals surface area contributed by atoms with E-state index < -0.39 is 0 Å². The largest absolute Gasteiger partial charge is 0.0601 e. The minimum Gasteiger partial charge on any atom is -0.0601 e. The average Bonchev–Trinajstić information content (AvgIpc) is 2.58. The van der Waals surface area contributed by atoms with Gasteiger partial charge in [-0.1, -0.05) is 83.0 Å². The molecule has 0 aromatic carbocycles. The maximum Gasteiger partial charge on any atom is 0.00898 e. The van der Waals surface area contributed by atoms with Gasteiger partial charge in [-0.05, 0) is 38.2 Å². The van der Waals surface area contributed by atoms with Crippen molar-refractivity contribution in [3.63, 3.8) is 0 Å². The van der Waals surface area contributed by atoms with Gasteiger partial charge in [0, 0.05) is 15.5 Å². The van der Waals surface area contributed by atoms with Crippen LogP contribution >= 0.6 is 58.9 Å². The summed E-state index contributed by atoms with van der Waals surface area (Å²) in [5, 5.41) is 2.11. The Morgan fingerprint density at radius 1 is 0.333 bits per heavy atom. The summed E-state index contributed by atoms with van der Waals surface area (Å²) in [6.07, 6.45) is 4.11. The molecule has 0 fully saturated rings. The van der Waals surface area contributed by atoms with E-state index in [4.69, 9.17) is 0 Å². The van der Waals surface area contributed by atoms with Crippen LogP contribution in [0.4, 0.5) is 0 Å². The monoisotopic (exact) mass is 450 g/mol. The smallest absolute Gasteiger partial charge is 0.00898 e. The van der Waals surface area contributed by atoms with Crippen molar-refractivity contribution in [1.29, 1.82) is 0 Å². The zero-order valence-electron chi connectivity index (χ0n) is 14.5. The molecule has 21 heavy (non-hydrogen) atoms. The first-order chi connectivity index (χ1) is 9.37. The molecule has 0 amide bonds. The predicted molar refractivity (Wildman–Crippen MR) is 121 cm³/mol. The molecule has 5 rings (SSSR count). The van der Waals surface area contributed by atoms with Crippen LogP contribution in [-0.2, 0) is 15.5 Å². The summed E-state index contributed by atoms with van der Waals surface area (Å²) in [6, 6.07) is 0. The van der Waals surface area contributed by atoms with Gasteiger partial charge in [0.1, 0.15) is 0 Å². The summed E-state index contributed by atoms with van der Waals surface area (Å²) in [4.78, 5) is 0. The number of rotatable bonds is 0. The topological polar surface area (TPSA) is 0 Å². The van der Waals surface area contributed by atoms with Gasteiger partial charge in [0.15, 0.2) is 0 Å². The summed E-state index contributed by atoms with van der Waals surface area (Å²) in [5.74, 6) is 0. The molecule has 0 nitrogen and oxygen atoms in total. The molecule has 0 spiro atoms. The van der Waals surface area contributed by atoms with Crippen LogP contribution in [0.2, 0.25) is 0 Å². The Labute approximate surface area is 136 Å². The quantitative estimate of drug-likeness (QED) is 0.250. The van der Waals surface area contributed by atoms with Crippen molar-refractivity contribution in [1.82, 2.24) is 0 Å². The Morgan fingerprint density at radius 2 is 0.571 bits per heavy atom. The first-order valence-electron chi connectivity index (χ1n) is 7.57. The van der Waals surface area contributed by atoms with E-state index in [1.165, 1.54) is 0 Å². The Hall–Kier alpha value is 2.70. The maximum atomic E-state index is 2.64. The van der Waals surface area contributed by atoms with E-state index in [2.05, 4.69) is 62.3 Å². The van der Waals surface area contributed by atoms with Gasteiger partial charge in [-0.2, -0.15) is 0 Å². The van der Waals surface area contributed by atoms with Gasteiger partial charge >= 0.3 is 0 Å². The van der Waals surface area contributed by atoms with Crippen molar-refractivity contribution in [2.24, 2.45) is 0 Å². The van der Waals surface area contributed by atoms with Gasteiger partial charge in [0.25, 0.3) is 0 Å². The molecule has 0 aliphatic rings. The van der Waals surface area contributed by atoms with Crippen LogP contribution in [0.5, 0.6) is 0 Å².